The van der Waals surface area contributed by atoms with E-state index < -0.39 is 0 Å². The molecule has 1 aromatic carbocycles. The van der Waals surface area contributed by atoms with Gasteiger partial charge in [0, 0.05) is 44.5 Å². The number of nitrogens with zero attached hydrogens (tertiary/aromatic N) is 2. The summed E-state index contributed by atoms with van der Waals surface area (Å²) in [5.41, 5.74) is 3.96. The van der Waals surface area contributed by atoms with Gasteiger partial charge in [-0.2, -0.15) is 0 Å². The van der Waals surface area contributed by atoms with E-state index in [0.29, 0.717) is 24.2 Å². The van der Waals surface area contributed by atoms with E-state index in [1.807, 2.05) is 13.1 Å². The Hall–Kier alpha value is -1.78. The van der Waals surface area contributed by atoms with E-state index in [0.717, 1.165) is 54.5 Å². The molecule has 2 bridgehead atoms. The number of rotatable bonds is 9. The van der Waals surface area contributed by atoms with Crippen LogP contribution in [0.4, 0.5) is 0 Å². The highest BCUT2D eigenvalue weighted by Gasteiger charge is 2.53. The maximum absolute atomic E-state index is 6.78. The van der Waals surface area contributed by atoms with E-state index in [4.69, 9.17) is 4.74 Å². The smallest absolute Gasteiger partial charge is 0.120 e. The van der Waals surface area contributed by atoms with Crippen molar-refractivity contribution in [1.29, 1.82) is 0 Å². The zero-order valence-corrected chi connectivity index (χ0v) is 21.9. The third-order valence-corrected chi connectivity index (χ3v) is 10.5. The normalized spacial score (nSPS) is 36.8. The van der Waals surface area contributed by atoms with Crippen LogP contribution in [0.5, 0.6) is 5.75 Å². The van der Waals surface area contributed by atoms with Crippen molar-refractivity contribution >= 4 is 0 Å². The molecular formula is C31H45N3O. The minimum atomic E-state index is 0.314. The molecule has 2 heterocycles. The van der Waals surface area contributed by atoms with Crippen LogP contribution in [-0.2, 0) is 6.54 Å². The molecule has 3 aliphatic carbocycles. The molecular weight excluding hydrogens is 430 g/mol. The molecule has 1 saturated heterocycles. The second kappa shape index (κ2) is 9.59. The van der Waals surface area contributed by atoms with Crippen LogP contribution in [0.2, 0.25) is 0 Å². The highest BCUT2D eigenvalue weighted by Crippen LogP contribution is 2.56. The Kier molecular flexibility index (Phi) is 6.47. The zero-order chi connectivity index (χ0) is 24.1. The van der Waals surface area contributed by atoms with Crippen LogP contribution in [-0.4, -0.2) is 48.1 Å². The second-order valence-electron chi connectivity index (χ2n) is 12.1. The predicted octanol–water partition coefficient (Wildman–Crippen LogP) is 5.91. The molecule has 0 aromatic heterocycles. The molecule has 1 N–H and O–H groups in total. The number of allylic oxidation sites excluding steroid dienone is 1. The summed E-state index contributed by atoms with van der Waals surface area (Å²) in [5, 5.41) is 3.31. The molecule has 0 spiro atoms. The van der Waals surface area contributed by atoms with Crippen molar-refractivity contribution in [2.75, 3.05) is 20.1 Å². The highest BCUT2D eigenvalue weighted by molar-refractivity contribution is 5.41. The number of hydrogen-bond acceptors (Lipinski definition) is 4. The van der Waals surface area contributed by atoms with Crippen molar-refractivity contribution in [2.24, 2.45) is 23.7 Å². The monoisotopic (exact) mass is 475 g/mol. The maximum atomic E-state index is 6.78. The number of likely N-dealkylation sites (N-methyl/N-ethyl adjacent to an activating group) is 1. The molecule has 4 fully saturated rings. The molecule has 190 valence electrons. The number of fused-ring (bicyclic) bond motifs is 6. The second-order valence-corrected chi connectivity index (χ2v) is 12.1. The molecule has 8 atom stereocenters. The van der Waals surface area contributed by atoms with E-state index >= 15 is 0 Å². The summed E-state index contributed by atoms with van der Waals surface area (Å²) in [4.78, 5) is 5.44. The SMILES string of the molecule is C=CCCC(C(=C)NC)N1Cc2cc(OC3CCCC3N3CC4C5CCC(C5)C4C3)ccc2C1C. The Morgan fingerprint density at radius 2 is 1.94 bits per heavy atom. The van der Waals surface area contributed by atoms with E-state index in [1.54, 1.807) is 0 Å². The number of hydrogen-bond donors (Lipinski definition) is 1. The van der Waals surface area contributed by atoms with Crippen LogP contribution < -0.4 is 10.1 Å². The summed E-state index contributed by atoms with van der Waals surface area (Å²) in [5.74, 6) is 5.12. The van der Waals surface area contributed by atoms with Gasteiger partial charge >= 0.3 is 0 Å². The minimum Gasteiger partial charge on any atom is -0.489 e. The summed E-state index contributed by atoms with van der Waals surface area (Å²) in [6.07, 6.45) is 12.8. The van der Waals surface area contributed by atoms with Crippen molar-refractivity contribution in [3.05, 3.63) is 54.3 Å². The average Bonchev–Trinajstić information content (AvgIpc) is 3.67. The molecule has 8 unspecified atom stereocenters. The van der Waals surface area contributed by atoms with Crippen LogP contribution >= 0.6 is 0 Å². The molecule has 4 nitrogen and oxygen atoms in total. The summed E-state index contributed by atoms with van der Waals surface area (Å²) < 4.78 is 6.78. The summed E-state index contributed by atoms with van der Waals surface area (Å²) in [6, 6.07) is 8.22. The molecule has 0 amide bonds. The minimum absolute atomic E-state index is 0.314. The van der Waals surface area contributed by atoms with Crippen molar-refractivity contribution in [3.8, 4) is 5.75 Å². The zero-order valence-electron chi connectivity index (χ0n) is 21.9. The Balaban J connectivity index is 1.13. The van der Waals surface area contributed by atoms with Gasteiger partial charge in [-0.15, -0.1) is 6.58 Å². The van der Waals surface area contributed by atoms with Gasteiger partial charge < -0.3 is 10.1 Å². The number of benzene rings is 1. The van der Waals surface area contributed by atoms with Gasteiger partial charge in [-0.3, -0.25) is 9.80 Å². The van der Waals surface area contributed by atoms with Crippen LogP contribution in [0.15, 0.2) is 43.1 Å². The van der Waals surface area contributed by atoms with Crippen molar-refractivity contribution in [1.82, 2.24) is 15.1 Å². The van der Waals surface area contributed by atoms with E-state index in [1.165, 1.54) is 62.7 Å². The van der Waals surface area contributed by atoms with E-state index in [-0.39, 0.29) is 0 Å². The molecule has 3 saturated carbocycles. The fraction of sp³-hybridized carbons (Fsp3) is 0.677. The van der Waals surface area contributed by atoms with Crippen LogP contribution in [0, 0.1) is 23.7 Å². The molecule has 1 aromatic rings. The molecule has 2 aliphatic heterocycles. The number of ether oxygens (including phenoxy) is 1. The number of likely N-dealkylation sites (tertiary alicyclic amines) is 1. The Morgan fingerprint density at radius 1 is 1.17 bits per heavy atom. The largest absolute Gasteiger partial charge is 0.489 e. The van der Waals surface area contributed by atoms with Gasteiger partial charge in [-0.1, -0.05) is 18.7 Å². The first-order chi connectivity index (χ1) is 17.1. The van der Waals surface area contributed by atoms with Gasteiger partial charge in [0.15, 0.2) is 0 Å². The summed E-state index contributed by atoms with van der Waals surface area (Å²) in [7, 11) is 1.99. The lowest BCUT2D eigenvalue weighted by Crippen LogP contribution is -2.42. The first kappa shape index (κ1) is 23.6. The predicted molar refractivity (Wildman–Crippen MR) is 143 cm³/mol. The number of nitrogens with one attached hydrogen (secondary N) is 1. The van der Waals surface area contributed by atoms with Gasteiger partial charge in [0.05, 0.1) is 6.04 Å². The fourth-order valence-corrected chi connectivity index (χ4v) is 8.70. The third kappa shape index (κ3) is 4.15. The Bertz CT molecular complexity index is 941. The topological polar surface area (TPSA) is 27.7 Å². The highest BCUT2D eigenvalue weighted by atomic mass is 16.5. The van der Waals surface area contributed by atoms with Crippen LogP contribution in [0.1, 0.15) is 75.5 Å². The molecule has 0 radical (unpaired) electrons. The third-order valence-electron chi connectivity index (χ3n) is 10.5. The van der Waals surface area contributed by atoms with Crippen molar-refractivity contribution < 1.29 is 4.74 Å². The molecule has 6 rings (SSSR count). The van der Waals surface area contributed by atoms with Gasteiger partial charge in [-0.05, 0) is 105 Å². The van der Waals surface area contributed by atoms with Crippen LogP contribution in [0.3, 0.4) is 0 Å². The first-order valence-corrected chi connectivity index (χ1v) is 14.3. The quantitative estimate of drug-likeness (QED) is 0.450. The van der Waals surface area contributed by atoms with Gasteiger partial charge in [0.25, 0.3) is 0 Å². The molecule has 5 aliphatic rings. The lowest BCUT2D eigenvalue weighted by Gasteiger charge is -2.33. The standard InChI is InChI=1S/C31H45N3O/c1-5-6-8-29(20(2)32-4)34-17-24-16-25(13-14-26(24)21(34)3)35-31-10-7-9-30(31)33-18-27-22-11-12-23(15-22)28(27)19-33/h5,13-14,16,21-23,27-32H,1-2,6-12,15,17-19H2,3-4H3. The fourth-order valence-electron chi connectivity index (χ4n) is 8.70. The average molecular weight is 476 g/mol. The van der Waals surface area contributed by atoms with E-state index in [2.05, 4.69) is 53.4 Å². The van der Waals surface area contributed by atoms with E-state index in [9.17, 15) is 0 Å². The van der Waals surface area contributed by atoms with Gasteiger partial charge in [0.2, 0.25) is 0 Å². The molecule has 35 heavy (non-hydrogen) atoms. The van der Waals surface area contributed by atoms with Crippen LogP contribution in [0.25, 0.3) is 0 Å². The summed E-state index contributed by atoms with van der Waals surface area (Å²) in [6.45, 7) is 14.2. The van der Waals surface area contributed by atoms with Crippen molar-refractivity contribution in [2.45, 2.75) is 89.1 Å². The lowest BCUT2D eigenvalue weighted by atomic mass is 9.82. The Morgan fingerprint density at radius 3 is 2.66 bits per heavy atom. The van der Waals surface area contributed by atoms with Gasteiger partial charge in [0.1, 0.15) is 11.9 Å². The summed E-state index contributed by atoms with van der Waals surface area (Å²) >= 11 is 0. The maximum Gasteiger partial charge on any atom is 0.120 e. The van der Waals surface area contributed by atoms with Gasteiger partial charge in [-0.25, -0.2) is 0 Å². The lowest BCUT2D eigenvalue weighted by molar-refractivity contribution is 0.0962. The Labute approximate surface area is 212 Å². The molecule has 4 heteroatoms. The first-order valence-electron chi connectivity index (χ1n) is 14.3. The van der Waals surface area contributed by atoms with Crippen molar-refractivity contribution in [3.63, 3.8) is 0 Å².